The molecule has 1 heterocycles. The van der Waals surface area contributed by atoms with Crippen molar-refractivity contribution in [2.45, 2.75) is 32.7 Å². The zero-order chi connectivity index (χ0) is 14.5. The van der Waals surface area contributed by atoms with Crippen LogP contribution in [-0.4, -0.2) is 19.1 Å². The average molecular weight is 341 g/mol. The van der Waals surface area contributed by atoms with Gasteiger partial charge in [0.25, 0.3) is 0 Å². The molecule has 3 N–H and O–H groups in total. The second kappa shape index (κ2) is 7.09. The first-order chi connectivity index (χ1) is 9.65. The molecule has 5 heteroatoms. The maximum atomic E-state index is 12.1. The van der Waals surface area contributed by atoms with Crippen molar-refractivity contribution < 1.29 is 9.53 Å². The van der Waals surface area contributed by atoms with Crippen LogP contribution in [0.1, 0.15) is 30.9 Å². The Balaban J connectivity index is 2.02. The molecule has 2 rings (SSSR count). The molecule has 0 spiro atoms. The molecule has 1 aromatic rings. The molecule has 20 heavy (non-hydrogen) atoms. The van der Waals surface area contributed by atoms with Crippen molar-refractivity contribution in [3.8, 4) is 5.75 Å². The summed E-state index contributed by atoms with van der Waals surface area (Å²) in [5, 5.41) is 2.97. The third kappa shape index (κ3) is 3.52. The number of ether oxygens (including phenoxy) is 1. The van der Waals surface area contributed by atoms with E-state index in [1.54, 1.807) is 0 Å². The number of hydrogen-bond donors (Lipinski definition) is 2. The van der Waals surface area contributed by atoms with Crippen molar-refractivity contribution in [3.05, 3.63) is 27.7 Å². The maximum absolute atomic E-state index is 12.1. The largest absolute Gasteiger partial charge is 0.493 e. The minimum Gasteiger partial charge on any atom is -0.493 e. The van der Waals surface area contributed by atoms with Crippen molar-refractivity contribution >= 4 is 21.8 Å². The minimum atomic E-state index is -0.0962. The SMILES string of the molecule is CCCC(CN)C(=O)NCc1cc(Br)cc2c1OCC2. The number of halogens is 1. The predicted molar refractivity (Wildman–Crippen MR) is 82.6 cm³/mol. The molecular weight excluding hydrogens is 320 g/mol. The van der Waals surface area contributed by atoms with Gasteiger partial charge in [-0.2, -0.15) is 0 Å². The van der Waals surface area contributed by atoms with E-state index in [1.807, 2.05) is 6.07 Å². The van der Waals surface area contributed by atoms with E-state index in [4.69, 9.17) is 10.5 Å². The maximum Gasteiger partial charge on any atom is 0.224 e. The highest BCUT2D eigenvalue weighted by molar-refractivity contribution is 9.10. The molecule has 1 atom stereocenters. The van der Waals surface area contributed by atoms with E-state index < -0.39 is 0 Å². The monoisotopic (exact) mass is 340 g/mol. The van der Waals surface area contributed by atoms with Gasteiger partial charge < -0.3 is 15.8 Å². The molecule has 1 aliphatic rings. The van der Waals surface area contributed by atoms with E-state index in [-0.39, 0.29) is 11.8 Å². The third-order valence-electron chi connectivity index (χ3n) is 3.57. The van der Waals surface area contributed by atoms with Gasteiger partial charge in [-0.1, -0.05) is 29.3 Å². The number of hydrogen-bond acceptors (Lipinski definition) is 3. The fourth-order valence-electron chi connectivity index (χ4n) is 2.51. The lowest BCUT2D eigenvalue weighted by Crippen LogP contribution is -2.34. The van der Waals surface area contributed by atoms with Gasteiger partial charge in [0.2, 0.25) is 5.91 Å². The summed E-state index contributed by atoms with van der Waals surface area (Å²) < 4.78 is 6.68. The summed E-state index contributed by atoms with van der Waals surface area (Å²) in [5.74, 6) is 0.857. The standard InChI is InChI=1S/C15H21BrN2O2/c1-2-3-11(8-17)15(19)18-9-12-7-13(16)6-10-4-5-20-14(10)12/h6-7,11H,2-5,8-9,17H2,1H3,(H,18,19). The minimum absolute atomic E-state index is 0.0288. The molecule has 4 nitrogen and oxygen atoms in total. The van der Waals surface area contributed by atoms with Crippen molar-refractivity contribution in [2.75, 3.05) is 13.2 Å². The average Bonchev–Trinajstić information content (AvgIpc) is 2.89. The molecule has 0 aromatic heterocycles. The fraction of sp³-hybridized carbons (Fsp3) is 0.533. The van der Waals surface area contributed by atoms with Gasteiger partial charge in [0.15, 0.2) is 0 Å². The van der Waals surface area contributed by atoms with Gasteiger partial charge in [0.1, 0.15) is 5.75 Å². The molecule has 0 radical (unpaired) electrons. The van der Waals surface area contributed by atoms with E-state index in [9.17, 15) is 4.79 Å². The van der Waals surface area contributed by atoms with Crippen LogP contribution < -0.4 is 15.8 Å². The summed E-state index contributed by atoms with van der Waals surface area (Å²) in [7, 11) is 0. The second-order valence-corrected chi connectivity index (χ2v) is 6.01. The number of amides is 1. The molecule has 1 amide bonds. The first-order valence-electron chi connectivity index (χ1n) is 7.07. The molecule has 0 saturated carbocycles. The Morgan fingerprint density at radius 1 is 1.55 bits per heavy atom. The molecule has 110 valence electrons. The van der Waals surface area contributed by atoms with Crippen LogP contribution in [0.2, 0.25) is 0 Å². The lowest BCUT2D eigenvalue weighted by Gasteiger charge is -2.15. The first kappa shape index (κ1) is 15.3. The second-order valence-electron chi connectivity index (χ2n) is 5.09. The predicted octanol–water partition coefficient (Wildman–Crippen LogP) is 2.38. The summed E-state index contributed by atoms with van der Waals surface area (Å²) >= 11 is 3.50. The summed E-state index contributed by atoms with van der Waals surface area (Å²) in [5.41, 5.74) is 7.87. The lowest BCUT2D eigenvalue weighted by atomic mass is 10.0. The Hall–Kier alpha value is -1.07. The van der Waals surface area contributed by atoms with Gasteiger partial charge in [0.05, 0.1) is 12.5 Å². The van der Waals surface area contributed by atoms with E-state index in [2.05, 4.69) is 34.2 Å². The van der Waals surface area contributed by atoms with Crippen LogP contribution in [0.25, 0.3) is 0 Å². The normalized spacial score (nSPS) is 14.6. The Labute approximate surface area is 128 Å². The van der Waals surface area contributed by atoms with Crippen LogP contribution in [0, 0.1) is 5.92 Å². The van der Waals surface area contributed by atoms with Crippen molar-refractivity contribution in [1.29, 1.82) is 0 Å². The van der Waals surface area contributed by atoms with Crippen molar-refractivity contribution in [2.24, 2.45) is 11.7 Å². The molecule has 0 bridgehead atoms. The quantitative estimate of drug-likeness (QED) is 0.835. The zero-order valence-electron chi connectivity index (χ0n) is 11.7. The molecule has 1 aromatic carbocycles. The Kier molecular flexibility index (Phi) is 5.43. The molecular formula is C15H21BrN2O2. The van der Waals surface area contributed by atoms with Gasteiger partial charge >= 0.3 is 0 Å². The van der Waals surface area contributed by atoms with Crippen LogP contribution in [0.4, 0.5) is 0 Å². The van der Waals surface area contributed by atoms with Gasteiger partial charge in [-0.25, -0.2) is 0 Å². The van der Waals surface area contributed by atoms with Crippen LogP contribution in [0.3, 0.4) is 0 Å². The smallest absolute Gasteiger partial charge is 0.224 e. The third-order valence-corrected chi connectivity index (χ3v) is 4.03. The lowest BCUT2D eigenvalue weighted by molar-refractivity contribution is -0.125. The van der Waals surface area contributed by atoms with Crippen LogP contribution in [-0.2, 0) is 17.8 Å². The highest BCUT2D eigenvalue weighted by Gasteiger charge is 2.19. The molecule has 0 fully saturated rings. The zero-order valence-corrected chi connectivity index (χ0v) is 13.3. The molecule has 1 unspecified atom stereocenters. The molecule has 0 aliphatic carbocycles. The van der Waals surface area contributed by atoms with E-state index in [1.165, 1.54) is 5.56 Å². The number of carbonyl (C=O) groups excluding carboxylic acids is 1. The van der Waals surface area contributed by atoms with Crippen molar-refractivity contribution in [3.63, 3.8) is 0 Å². The van der Waals surface area contributed by atoms with Crippen LogP contribution >= 0.6 is 15.9 Å². The summed E-state index contributed by atoms with van der Waals surface area (Å²) in [6.45, 7) is 3.66. The van der Waals surface area contributed by atoms with Gasteiger partial charge in [-0.05, 0) is 24.1 Å². The van der Waals surface area contributed by atoms with Gasteiger partial charge in [0, 0.05) is 29.5 Å². The Morgan fingerprint density at radius 3 is 3.05 bits per heavy atom. The Bertz CT molecular complexity index is 491. The topological polar surface area (TPSA) is 64.4 Å². The first-order valence-corrected chi connectivity index (χ1v) is 7.86. The number of rotatable bonds is 6. The Morgan fingerprint density at radius 2 is 2.35 bits per heavy atom. The van der Waals surface area contributed by atoms with Crippen LogP contribution in [0.5, 0.6) is 5.75 Å². The van der Waals surface area contributed by atoms with E-state index in [0.717, 1.165) is 35.0 Å². The number of benzene rings is 1. The highest BCUT2D eigenvalue weighted by Crippen LogP contribution is 2.32. The van der Waals surface area contributed by atoms with E-state index in [0.29, 0.717) is 19.7 Å². The van der Waals surface area contributed by atoms with Crippen LogP contribution in [0.15, 0.2) is 16.6 Å². The molecule has 1 aliphatic heterocycles. The number of nitrogens with one attached hydrogen (secondary N) is 1. The summed E-state index contributed by atoms with van der Waals surface area (Å²) in [6, 6.07) is 4.08. The number of fused-ring (bicyclic) bond motifs is 1. The summed E-state index contributed by atoms with van der Waals surface area (Å²) in [6.07, 6.45) is 2.72. The molecule has 0 saturated heterocycles. The van der Waals surface area contributed by atoms with E-state index >= 15 is 0 Å². The van der Waals surface area contributed by atoms with Gasteiger partial charge in [-0.3, -0.25) is 4.79 Å². The highest BCUT2D eigenvalue weighted by atomic mass is 79.9. The number of nitrogens with two attached hydrogens (primary N) is 1. The summed E-state index contributed by atoms with van der Waals surface area (Å²) in [4.78, 5) is 12.1. The van der Waals surface area contributed by atoms with Crippen molar-refractivity contribution in [1.82, 2.24) is 5.32 Å². The van der Waals surface area contributed by atoms with Gasteiger partial charge in [-0.15, -0.1) is 0 Å². The fourth-order valence-corrected chi connectivity index (χ4v) is 3.06. The number of carbonyl (C=O) groups is 1.